The molecule has 94 valence electrons. The van der Waals surface area contributed by atoms with E-state index in [1.165, 1.54) is 0 Å². The Balaban J connectivity index is 2.28. The Morgan fingerprint density at radius 2 is 2.47 bits per heavy atom. The third kappa shape index (κ3) is 2.36. The summed E-state index contributed by atoms with van der Waals surface area (Å²) in [6, 6.07) is -0.387. The van der Waals surface area contributed by atoms with Gasteiger partial charge in [0.2, 0.25) is 0 Å². The van der Waals surface area contributed by atoms with Crippen LogP contribution < -0.4 is 15.4 Å². The largest absolute Gasteiger partial charge is 0.489 e. The molecule has 0 radical (unpaired) electrons. The number of hydrogen-bond acceptors (Lipinski definition) is 6. The monoisotopic (exact) mass is 258 g/mol. The molecule has 0 amide bonds. The summed E-state index contributed by atoms with van der Waals surface area (Å²) in [4.78, 5) is 13.2. The van der Waals surface area contributed by atoms with Crippen LogP contribution >= 0.6 is 11.3 Å². The van der Waals surface area contributed by atoms with Crippen LogP contribution in [0.5, 0.6) is 5.75 Å². The fourth-order valence-corrected chi connectivity index (χ4v) is 2.64. The molecule has 4 N–H and O–H groups in total. The third-order valence-corrected chi connectivity index (χ3v) is 3.49. The third-order valence-electron chi connectivity index (χ3n) is 2.55. The van der Waals surface area contributed by atoms with Crippen LogP contribution in [-0.2, 0) is 0 Å². The number of aliphatic hydroxyl groups is 1. The average Bonchev–Trinajstić information content (AvgIpc) is 2.73. The van der Waals surface area contributed by atoms with Crippen molar-refractivity contribution >= 4 is 23.0 Å². The molecular weight excluding hydrogens is 244 g/mol. The summed E-state index contributed by atoms with van der Waals surface area (Å²) in [5.74, 6) is -0.381. The Morgan fingerprint density at radius 1 is 1.71 bits per heavy atom. The van der Waals surface area contributed by atoms with Crippen molar-refractivity contribution in [1.82, 2.24) is 0 Å². The summed E-state index contributed by atoms with van der Waals surface area (Å²) >= 11 is 1.14. The van der Waals surface area contributed by atoms with Gasteiger partial charge in [0.1, 0.15) is 17.2 Å². The number of ether oxygens (including phenoxy) is 1. The molecule has 7 heteroatoms. The van der Waals surface area contributed by atoms with Crippen molar-refractivity contribution in [2.45, 2.75) is 6.04 Å². The molecular formula is C10H14N2O4S. The van der Waals surface area contributed by atoms with Gasteiger partial charge >= 0.3 is 5.97 Å². The van der Waals surface area contributed by atoms with E-state index >= 15 is 0 Å². The molecule has 1 atom stereocenters. The number of aromatic carboxylic acids is 1. The second-order valence-electron chi connectivity index (χ2n) is 3.82. The van der Waals surface area contributed by atoms with E-state index in [0.29, 0.717) is 31.1 Å². The number of nitrogens with zero attached hydrogens (tertiary/aromatic N) is 1. The normalized spacial score (nSPS) is 16.2. The highest BCUT2D eigenvalue weighted by atomic mass is 32.1. The smallest absolute Gasteiger partial charge is 0.348 e. The van der Waals surface area contributed by atoms with Crippen LogP contribution in [0.3, 0.4) is 0 Å². The molecule has 1 aliphatic rings. The molecule has 0 saturated carbocycles. The molecule has 1 aromatic heterocycles. The summed E-state index contributed by atoms with van der Waals surface area (Å²) in [6.45, 7) is 1.38. The van der Waals surface area contributed by atoms with Crippen molar-refractivity contribution in [3.8, 4) is 5.75 Å². The fourth-order valence-electron chi connectivity index (χ4n) is 1.79. The molecule has 17 heavy (non-hydrogen) atoms. The van der Waals surface area contributed by atoms with Crippen LogP contribution in [0.15, 0.2) is 5.38 Å². The van der Waals surface area contributed by atoms with E-state index in [-0.39, 0.29) is 17.5 Å². The van der Waals surface area contributed by atoms with E-state index in [0.717, 1.165) is 11.3 Å². The molecule has 0 saturated heterocycles. The maximum absolute atomic E-state index is 11.1. The van der Waals surface area contributed by atoms with E-state index in [2.05, 4.69) is 0 Å². The number of aliphatic hydroxyl groups excluding tert-OH is 1. The van der Waals surface area contributed by atoms with Gasteiger partial charge in [0.25, 0.3) is 0 Å². The molecule has 2 heterocycles. The number of hydrogen-bond donors (Lipinski definition) is 3. The van der Waals surface area contributed by atoms with Gasteiger partial charge in [-0.05, 0) is 0 Å². The van der Waals surface area contributed by atoms with Crippen LogP contribution in [0.2, 0.25) is 0 Å². The Morgan fingerprint density at radius 3 is 3.12 bits per heavy atom. The maximum atomic E-state index is 11.1. The first kappa shape index (κ1) is 12.2. The lowest BCUT2D eigenvalue weighted by atomic mass is 10.2. The number of nitrogens with two attached hydrogens (primary N) is 1. The van der Waals surface area contributed by atoms with Gasteiger partial charge in [-0.25, -0.2) is 4.79 Å². The average molecular weight is 258 g/mol. The summed E-state index contributed by atoms with van der Waals surface area (Å²) < 4.78 is 5.40. The Hall–Kier alpha value is -1.31. The minimum Gasteiger partial charge on any atom is -0.489 e. The molecule has 2 rings (SSSR count). The first-order valence-electron chi connectivity index (χ1n) is 5.22. The van der Waals surface area contributed by atoms with Crippen molar-refractivity contribution in [1.29, 1.82) is 0 Å². The van der Waals surface area contributed by atoms with E-state index < -0.39 is 5.97 Å². The summed E-state index contributed by atoms with van der Waals surface area (Å²) in [5, 5.41) is 19.7. The van der Waals surface area contributed by atoms with Crippen LogP contribution in [-0.4, -0.2) is 48.5 Å². The second-order valence-corrected chi connectivity index (χ2v) is 4.70. The molecule has 0 spiro atoms. The standard InChI is InChI=1S/C10H14N2O4S/c11-6(4-13)3-12-1-2-16-7-5-17-9(8(7)12)10(14)15/h5-6,13H,1-4,11H2,(H,14,15)/t6-/m1/s1. The van der Waals surface area contributed by atoms with Crippen molar-refractivity contribution in [2.75, 3.05) is 31.2 Å². The van der Waals surface area contributed by atoms with Gasteiger partial charge in [-0.15, -0.1) is 11.3 Å². The number of carboxylic acid groups (broad SMARTS) is 1. The van der Waals surface area contributed by atoms with Gasteiger partial charge in [-0.1, -0.05) is 0 Å². The molecule has 6 nitrogen and oxygen atoms in total. The van der Waals surface area contributed by atoms with Crippen molar-refractivity contribution in [2.24, 2.45) is 5.73 Å². The number of carbonyl (C=O) groups is 1. The zero-order valence-corrected chi connectivity index (χ0v) is 9.94. The molecule has 0 bridgehead atoms. The first-order chi connectivity index (χ1) is 8.13. The lowest BCUT2D eigenvalue weighted by Gasteiger charge is -2.31. The Bertz CT molecular complexity index is 420. The van der Waals surface area contributed by atoms with E-state index in [4.69, 9.17) is 20.7 Å². The predicted octanol–water partition coefficient (Wildman–Crippen LogP) is -0.0353. The highest BCUT2D eigenvalue weighted by Gasteiger charge is 2.27. The van der Waals surface area contributed by atoms with E-state index in [1.807, 2.05) is 4.90 Å². The molecule has 1 aliphatic heterocycles. The highest BCUT2D eigenvalue weighted by Crippen LogP contribution is 2.40. The SMILES string of the molecule is N[C@@H](CO)CN1CCOc2csc(C(=O)O)c21. The van der Waals surface area contributed by atoms with E-state index in [1.54, 1.807) is 5.38 Å². The van der Waals surface area contributed by atoms with Crippen molar-refractivity contribution in [3.05, 3.63) is 10.3 Å². The Kier molecular flexibility index (Phi) is 3.51. The molecule has 1 aromatic rings. The summed E-state index contributed by atoms with van der Waals surface area (Å²) in [5.41, 5.74) is 6.26. The topological polar surface area (TPSA) is 96.0 Å². The highest BCUT2D eigenvalue weighted by molar-refractivity contribution is 7.13. The predicted molar refractivity (Wildman–Crippen MR) is 64.0 cm³/mol. The number of thiophene rings is 1. The molecule has 0 unspecified atom stereocenters. The minimum absolute atomic E-state index is 0.126. The number of anilines is 1. The quantitative estimate of drug-likeness (QED) is 0.701. The minimum atomic E-state index is -0.968. The number of rotatable bonds is 4. The summed E-state index contributed by atoms with van der Waals surface area (Å²) in [7, 11) is 0. The molecule has 0 aliphatic carbocycles. The van der Waals surface area contributed by atoms with Gasteiger partial charge in [0.05, 0.1) is 13.2 Å². The van der Waals surface area contributed by atoms with E-state index in [9.17, 15) is 4.79 Å². The Labute approximate surface area is 102 Å². The van der Waals surface area contributed by atoms with Crippen LogP contribution in [0.1, 0.15) is 9.67 Å². The summed E-state index contributed by atoms with van der Waals surface area (Å²) in [6.07, 6.45) is 0. The van der Waals surface area contributed by atoms with Gasteiger partial charge in [-0.3, -0.25) is 0 Å². The first-order valence-corrected chi connectivity index (χ1v) is 6.10. The second kappa shape index (κ2) is 4.91. The van der Waals surface area contributed by atoms with Crippen molar-refractivity contribution < 1.29 is 19.7 Å². The van der Waals surface area contributed by atoms with Crippen molar-refractivity contribution in [3.63, 3.8) is 0 Å². The number of fused-ring (bicyclic) bond motifs is 1. The lowest BCUT2D eigenvalue weighted by Crippen LogP contribution is -2.43. The lowest BCUT2D eigenvalue weighted by molar-refractivity contribution is 0.0702. The molecule has 0 fully saturated rings. The van der Waals surface area contributed by atoms with Gasteiger partial charge in [-0.2, -0.15) is 0 Å². The van der Waals surface area contributed by atoms with Crippen LogP contribution in [0.4, 0.5) is 5.69 Å². The zero-order chi connectivity index (χ0) is 12.4. The fraction of sp³-hybridized carbons (Fsp3) is 0.500. The van der Waals surface area contributed by atoms with Gasteiger partial charge in [0, 0.05) is 18.0 Å². The number of carboxylic acids is 1. The van der Waals surface area contributed by atoms with Gasteiger partial charge in [0.15, 0.2) is 5.75 Å². The maximum Gasteiger partial charge on any atom is 0.348 e. The van der Waals surface area contributed by atoms with Crippen LogP contribution in [0.25, 0.3) is 0 Å². The zero-order valence-electron chi connectivity index (χ0n) is 9.13. The molecule has 0 aromatic carbocycles. The van der Waals surface area contributed by atoms with Gasteiger partial charge < -0.3 is 25.6 Å². The van der Waals surface area contributed by atoms with Crippen LogP contribution in [0, 0.1) is 0 Å².